The molecular weight excluding hydrogens is 370 g/mol. The number of aromatic nitrogens is 2. The summed E-state index contributed by atoms with van der Waals surface area (Å²) in [5.74, 6) is 1.12. The molecule has 7 nitrogen and oxygen atoms in total. The van der Waals surface area contributed by atoms with Crippen molar-refractivity contribution >= 4 is 28.6 Å². The van der Waals surface area contributed by atoms with Crippen LogP contribution in [0.15, 0.2) is 18.5 Å². The Morgan fingerprint density at radius 2 is 2.04 bits per heavy atom. The highest BCUT2D eigenvalue weighted by Gasteiger charge is 2.29. The lowest BCUT2D eigenvalue weighted by molar-refractivity contribution is 0.00753. The van der Waals surface area contributed by atoms with Crippen LogP contribution >= 0.6 is 11.6 Å². The predicted molar refractivity (Wildman–Crippen MR) is 103 cm³/mol. The van der Waals surface area contributed by atoms with E-state index in [1.165, 1.54) is 6.33 Å². The van der Waals surface area contributed by atoms with Crippen LogP contribution in [0.5, 0.6) is 11.5 Å². The number of carbonyl (C=O) groups is 1. The normalized spacial score (nSPS) is 17.7. The molecule has 3 rings (SSSR count). The number of carbonyl (C=O) groups excluding carboxylic acids is 1. The number of hydrogen-bond acceptors (Lipinski definition) is 6. The summed E-state index contributed by atoms with van der Waals surface area (Å²) in [5, 5.41) is 1.04. The summed E-state index contributed by atoms with van der Waals surface area (Å²) in [4.78, 5) is 22.2. The van der Waals surface area contributed by atoms with Crippen LogP contribution in [0.4, 0.5) is 4.79 Å². The summed E-state index contributed by atoms with van der Waals surface area (Å²) < 4.78 is 17.1. The molecule has 0 spiro atoms. The van der Waals surface area contributed by atoms with Gasteiger partial charge < -0.3 is 19.1 Å². The van der Waals surface area contributed by atoms with Crippen LogP contribution in [-0.4, -0.2) is 52.9 Å². The summed E-state index contributed by atoms with van der Waals surface area (Å²) in [7, 11) is 1.57. The highest BCUT2D eigenvalue weighted by atomic mass is 35.5. The van der Waals surface area contributed by atoms with Crippen molar-refractivity contribution in [2.75, 3.05) is 20.2 Å². The Morgan fingerprint density at radius 3 is 2.74 bits per heavy atom. The van der Waals surface area contributed by atoms with E-state index in [4.69, 9.17) is 25.8 Å². The zero-order valence-corrected chi connectivity index (χ0v) is 16.7. The van der Waals surface area contributed by atoms with Crippen LogP contribution in [0.3, 0.4) is 0 Å². The summed E-state index contributed by atoms with van der Waals surface area (Å²) >= 11 is 6.18. The second kappa shape index (κ2) is 7.76. The molecule has 1 saturated heterocycles. The van der Waals surface area contributed by atoms with E-state index in [1.54, 1.807) is 24.1 Å². The molecule has 27 heavy (non-hydrogen) atoms. The van der Waals surface area contributed by atoms with E-state index in [0.717, 1.165) is 12.8 Å². The van der Waals surface area contributed by atoms with Crippen molar-refractivity contribution in [3.8, 4) is 11.5 Å². The molecule has 2 aromatic rings. The van der Waals surface area contributed by atoms with Gasteiger partial charge in [0.2, 0.25) is 0 Å². The van der Waals surface area contributed by atoms with Gasteiger partial charge in [0.1, 0.15) is 23.2 Å². The Kier molecular flexibility index (Phi) is 5.60. The van der Waals surface area contributed by atoms with Crippen LogP contribution in [0.2, 0.25) is 5.15 Å². The maximum atomic E-state index is 12.3. The third-order valence-electron chi connectivity index (χ3n) is 4.20. The number of methoxy groups -OCH3 is 1. The minimum atomic E-state index is -0.525. The Labute approximate surface area is 163 Å². The number of likely N-dealkylation sites (tertiary alicyclic amines) is 1. The summed E-state index contributed by atoms with van der Waals surface area (Å²) in [6.07, 6.45) is 2.59. The third-order valence-corrected chi connectivity index (χ3v) is 4.50. The number of nitrogens with zero attached hydrogens (tertiary/aromatic N) is 3. The van der Waals surface area contributed by atoms with Crippen LogP contribution in [-0.2, 0) is 4.74 Å². The molecule has 2 heterocycles. The van der Waals surface area contributed by atoms with Gasteiger partial charge in [-0.3, -0.25) is 0 Å². The van der Waals surface area contributed by atoms with Crippen molar-refractivity contribution in [1.29, 1.82) is 0 Å². The number of fused-ring (bicyclic) bond motifs is 1. The first-order chi connectivity index (χ1) is 12.8. The van der Waals surface area contributed by atoms with Crippen LogP contribution in [0.1, 0.15) is 33.6 Å². The fourth-order valence-electron chi connectivity index (χ4n) is 2.99. The van der Waals surface area contributed by atoms with Crippen molar-refractivity contribution < 1.29 is 19.0 Å². The molecule has 1 aliphatic rings. The van der Waals surface area contributed by atoms with Crippen molar-refractivity contribution in [1.82, 2.24) is 14.9 Å². The maximum Gasteiger partial charge on any atom is 0.410 e. The minimum absolute atomic E-state index is 0.166. The molecule has 1 aromatic heterocycles. The van der Waals surface area contributed by atoms with Gasteiger partial charge in [-0.2, -0.15) is 0 Å². The van der Waals surface area contributed by atoms with Gasteiger partial charge in [0.15, 0.2) is 11.5 Å². The van der Waals surface area contributed by atoms with Crippen LogP contribution in [0, 0.1) is 0 Å². The van der Waals surface area contributed by atoms with Crippen molar-refractivity contribution in [3.05, 3.63) is 23.6 Å². The van der Waals surface area contributed by atoms with Gasteiger partial charge in [-0.1, -0.05) is 11.6 Å². The van der Waals surface area contributed by atoms with Gasteiger partial charge in [0.25, 0.3) is 0 Å². The fourth-order valence-corrected chi connectivity index (χ4v) is 3.19. The number of rotatable bonds is 3. The first kappa shape index (κ1) is 19.5. The second-order valence-electron chi connectivity index (χ2n) is 7.49. The van der Waals surface area contributed by atoms with Gasteiger partial charge in [0.05, 0.1) is 19.2 Å². The second-order valence-corrected chi connectivity index (χ2v) is 7.85. The molecule has 146 valence electrons. The highest BCUT2D eigenvalue weighted by molar-refractivity contribution is 6.34. The molecule has 1 aromatic carbocycles. The van der Waals surface area contributed by atoms with Crippen molar-refractivity contribution in [2.45, 2.75) is 45.3 Å². The quantitative estimate of drug-likeness (QED) is 0.732. The van der Waals surface area contributed by atoms with Gasteiger partial charge >= 0.3 is 6.09 Å². The van der Waals surface area contributed by atoms with Gasteiger partial charge in [-0.25, -0.2) is 14.8 Å². The summed E-state index contributed by atoms with van der Waals surface area (Å²) in [5.41, 5.74) is 0.154. The largest absolute Gasteiger partial charge is 0.493 e. The Bertz CT molecular complexity index is 838. The monoisotopic (exact) mass is 393 g/mol. The number of piperidine rings is 1. The highest BCUT2D eigenvalue weighted by Crippen LogP contribution is 2.35. The molecule has 1 aliphatic heterocycles. The fraction of sp³-hybridized carbons (Fsp3) is 0.526. The summed E-state index contributed by atoms with van der Waals surface area (Å²) in [6, 6.07) is 3.55. The molecule has 0 aliphatic carbocycles. The average molecular weight is 394 g/mol. The molecule has 0 saturated carbocycles. The summed E-state index contributed by atoms with van der Waals surface area (Å²) in [6.45, 7) is 6.68. The number of benzene rings is 1. The predicted octanol–water partition coefficient (Wildman–Crippen LogP) is 4.07. The van der Waals surface area contributed by atoms with Gasteiger partial charge in [0, 0.05) is 18.0 Å². The van der Waals surface area contributed by atoms with Gasteiger partial charge in [-0.05, 0) is 39.7 Å². The smallest absolute Gasteiger partial charge is 0.410 e. The maximum absolute atomic E-state index is 12.3. The molecule has 0 bridgehead atoms. The lowest BCUT2D eigenvalue weighted by Gasteiger charge is -2.34. The van der Waals surface area contributed by atoms with Gasteiger partial charge in [-0.15, -0.1) is 0 Å². The Balaban J connectivity index is 1.78. The number of ether oxygens (including phenoxy) is 3. The molecule has 0 N–H and O–H groups in total. The minimum Gasteiger partial charge on any atom is -0.493 e. The van der Waals surface area contributed by atoms with E-state index >= 15 is 0 Å². The van der Waals surface area contributed by atoms with Crippen molar-refractivity contribution in [3.63, 3.8) is 0 Å². The lowest BCUT2D eigenvalue weighted by atomic mass is 10.1. The molecule has 0 radical (unpaired) electrons. The molecule has 1 fully saturated rings. The molecule has 8 heteroatoms. The van der Waals surface area contributed by atoms with Crippen LogP contribution in [0.25, 0.3) is 10.9 Å². The third kappa shape index (κ3) is 4.71. The van der Waals surface area contributed by atoms with E-state index in [2.05, 4.69) is 9.97 Å². The average Bonchev–Trinajstić information content (AvgIpc) is 2.61. The molecular formula is C19H24ClN3O4. The Hall–Kier alpha value is -2.28. The molecule has 1 amide bonds. The lowest BCUT2D eigenvalue weighted by Crippen LogP contribution is -2.46. The molecule has 1 atom stereocenters. The first-order valence-electron chi connectivity index (χ1n) is 8.89. The molecule has 1 unspecified atom stereocenters. The van der Waals surface area contributed by atoms with Crippen molar-refractivity contribution in [2.24, 2.45) is 0 Å². The van der Waals surface area contributed by atoms with E-state index in [1.807, 2.05) is 20.8 Å². The van der Waals surface area contributed by atoms with E-state index in [-0.39, 0.29) is 12.2 Å². The standard InChI is InChI=1S/C19H24ClN3O4/c1-19(2,3)27-18(24)23-7-5-6-12(10-23)26-16-8-13-14(9-15(16)25-4)21-11-22-17(13)20/h8-9,11-12H,5-7,10H2,1-4H3. The van der Waals surface area contributed by atoms with E-state index < -0.39 is 5.60 Å². The SMILES string of the molecule is COc1cc2ncnc(Cl)c2cc1OC1CCCN(C(=O)OC(C)(C)C)C1. The number of hydrogen-bond donors (Lipinski definition) is 0. The van der Waals surface area contributed by atoms with Crippen LogP contribution < -0.4 is 9.47 Å². The Morgan fingerprint density at radius 1 is 1.26 bits per heavy atom. The topological polar surface area (TPSA) is 73.8 Å². The number of halogens is 1. The van der Waals surface area contributed by atoms with E-state index in [0.29, 0.717) is 40.6 Å². The number of amides is 1. The first-order valence-corrected chi connectivity index (χ1v) is 9.27. The zero-order chi connectivity index (χ0) is 19.6. The zero-order valence-electron chi connectivity index (χ0n) is 16.0. The van der Waals surface area contributed by atoms with E-state index in [9.17, 15) is 4.79 Å².